The highest BCUT2D eigenvalue weighted by molar-refractivity contribution is 5.89. The molecule has 1 heteroatoms. The second-order valence-corrected chi connectivity index (χ2v) is 2.41. The van der Waals surface area contributed by atoms with Crippen LogP contribution in [0, 0.1) is 0 Å². The first-order chi connectivity index (χ1) is 4.81. The zero-order valence-electron chi connectivity index (χ0n) is 6.89. The van der Waals surface area contributed by atoms with Crippen LogP contribution in [0.25, 0.3) is 0 Å². The molecule has 0 aromatic carbocycles. The molecule has 0 bridgehead atoms. The average molecular weight is 140 g/mol. The largest absolute Gasteiger partial charge is 0.295 e. The highest BCUT2D eigenvalue weighted by Crippen LogP contribution is 1.93. The van der Waals surface area contributed by atoms with Crippen LogP contribution in [0.15, 0.2) is 12.2 Å². The van der Waals surface area contributed by atoms with Gasteiger partial charge in [0.2, 0.25) is 0 Å². The predicted octanol–water partition coefficient (Wildman–Crippen LogP) is 2.71. The van der Waals surface area contributed by atoms with E-state index in [1.54, 1.807) is 6.08 Å². The maximum Gasteiger partial charge on any atom is 0.155 e. The third kappa shape index (κ3) is 5.54. The van der Waals surface area contributed by atoms with Crippen LogP contribution < -0.4 is 0 Å². The number of carbonyl (C=O) groups is 1. The van der Waals surface area contributed by atoms with Crippen LogP contribution in [0.2, 0.25) is 0 Å². The van der Waals surface area contributed by atoms with Crippen LogP contribution in [0.4, 0.5) is 0 Å². The van der Waals surface area contributed by atoms with Gasteiger partial charge in [0.25, 0.3) is 0 Å². The predicted molar refractivity (Wildman–Crippen MR) is 44.0 cm³/mol. The van der Waals surface area contributed by atoms with Crippen LogP contribution in [0.5, 0.6) is 0 Å². The van der Waals surface area contributed by atoms with Gasteiger partial charge in [-0.1, -0.05) is 26.3 Å². The van der Waals surface area contributed by atoms with Crippen LogP contribution in [-0.2, 0) is 4.79 Å². The second kappa shape index (κ2) is 6.53. The first kappa shape index (κ1) is 9.41. The molecular weight excluding hydrogens is 124 g/mol. The molecule has 1 nitrogen and oxygen atoms in total. The van der Waals surface area contributed by atoms with Gasteiger partial charge in [-0.05, 0) is 18.9 Å². The molecule has 0 fully saturated rings. The highest BCUT2D eigenvalue weighted by Gasteiger charge is 1.90. The first-order valence-corrected chi connectivity index (χ1v) is 4.00. The number of unbranched alkanes of at least 4 members (excludes halogenated alkanes) is 1. The molecule has 0 aromatic heterocycles. The molecule has 10 heavy (non-hydrogen) atoms. The Morgan fingerprint density at radius 2 is 2.00 bits per heavy atom. The van der Waals surface area contributed by atoms with Crippen LogP contribution >= 0.6 is 0 Å². The summed E-state index contributed by atoms with van der Waals surface area (Å²) in [6.07, 6.45) is 7.45. The van der Waals surface area contributed by atoms with Gasteiger partial charge in [-0.2, -0.15) is 0 Å². The fourth-order valence-electron chi connectivity index (χ4n) is 0.711. The quantitative estimate of drug-likeness (QED) is 0.536. The Bertz CT molecular complexity index is 114. The van der Waals surface area contributed by atoms with Gasteiger partial charge in [-0.3, -0.25) is 4.79 Å². The maximum absolute atomic E-state index is 10.8. The zero-order chi connectivity index (χ0) is 7.82. The second-order valence-electron chi connectivity index (χ2n) is 2.41. The van der Waals surface area contributed by atoms with E-state index in [0.29, 0.717) is 6.42 Å². The number of allylic oxidation sites excluding steroid dienone is 2. The van der Waals surface area contributed by atoms with E-state index in [0.717, 1.165) is 19.3 Å². The van der Waals surface area contributed by atoms with Crippen LogP contribution in [-0.4, -0.2) is 5.78 Å². The minimum Gasteiger partial charge on any atom is -0.295 e. The van der Waals surface area contributed by atoms with Crippen LogP contribution in [0.3, 0.4) is 0 Å². The summed E-state index contributed by atoms with van der Waals surface area (Å²) in [5.74, 6) is 0.260. The molecule has 0 amide bonds. The van der Waals surface area contributed by atoms with E-state index in [1.165, 1.54) is 0 Å². The Morgan fingerprint density at radius 1 is 1.30 bits per heavy atom. The number of hydrogen-bond donors (Lipinski definition) is 0. The molecule has 0 unspecified atom stereocenters. The van der Waals surface area contributed by atoms with E-state index >= 15 is 0 Å². The lowest BCUT2D eigenvalue weighted by Crippen LogP contribution is -1.89. The van der Waals surface area contributed by atoms with Gasteiger partial charge in [0, 0.05) is 6.42 Å². The van der Waals surface area contributed by atoms with E-state index in [1.807, 2.05) is 13.0 Å². The molecule has 0 rings (SSSR count). The topological polar surface area (TPSA) is 17.1 Å². The molecule has 0 aliphatic heterocycles. The highest BCUT2D eigenvalue weighted by atomic mass is 16.1. The minimum atomic E-state index is 0.260. The SMILES string of the molecule is CCC/C=C\C(=O)CCC. The van der Waals surface area contributed by atoms with Gasteiger partial charge in [0.1, 0.15) is 0 Å². The molecule has 0 aliphatic carbocycles. The van der Waals surface area contributed by atoms with Crippen molar-refractivity contribution < 1.29 is 4.79 Å². The maximum atomic E-state index is 10.8. The van der Waals surface area contributed by atoms with Gasteiger partial charge in [-0.15, -0.1) is 0 Å². The summed E-state index contributed by atoms with van der Waals surface area (Å²) in [7, 11) is 0. The number of hydrogen-bond acceptors (Lipinski definition) is 1. The van der Waals surface area contributed by atoms with Gasteiger partial charge in [0.05, 0.1) is 0 Å². The van der Waals surface area contributed by atoms with Crippen molar-refractivity contribution in [2.24, 2.45) is 0 Å². The van der Waals surface area contributed by atoms with Crippen LogP contribution in [0.1, 0.15) is 39.5 Å². The fraction of sp³-hybridized carbons (Fsp3) is 0.667. The van der Waals surface area contributed by atoms with Crippen molar-refractivity contribution in [1.29, 1.82) is 0 Å². The Hall–Kier alpha value is -0.590. The van der Waals surface area contributed by atoms with E-state index in [9.17, 15) is 4.79 Å². The molecule has 0 radical (unpaired) electrons. The summed E-state index contributed by atoms with van der Waals surface area (Å²) in [6.45, 7) is 4.13. The van der Waals surface area contributed by atoms with E-state index in [-0.39, 0.29) is 5.78 Å². The Labute approximate surface area is 63.1 Å². The summed E-state index contributed by atoms with van der Waals surface area (Å²) in [6, 6.07) is 0. The van der Waals surface area contributed by atoms with Crippen molar-refractivity contribution >= 4 is 5.78 Å². The molecule has 0 aliphatic rings. The van der Waals surface area contributed by atoms with E-state index in [2.05, 4.69) is 6.92 Å². The fourth-order valence-corrected chi connectivity index (χ4v) is 0.711. The van der Waals surface area contributed by atoms with Gasteiger partial charge >= 0.3 is 0 Å². The molecular formula is C9H16O. The average Bonchev–Trinajstić information content (AvgIpc) is 1.89. The lowest BCUT2D eigenvalue weighted by atomic mass is 10.2. The normalized spacial score (nSPS) is 10.6. The third-order valence-electron chi connectivity index (χ3n) is 1.26. The van der Waals surface area contributed by atoms with Gasteiger partial charge in [-0.25, -0.2) is 0 Å². The monoisotopic (exact) mass is 140 g/mol. The van der Waals surface area contributed by atoms with Crippen molar-refractivity contribution in [3.05, 3.63) is 12.2 Å². The third-order valence-corrected chi connectivity index (χ3v) is 1.26. The minimum absolute atomic E-state index is 0.260. The van der Waals surface area contributed by atoms with Crippen molar-refractivity contribution in [2.75, 3.05) is 0 Å². The van der Waals surface area contributed by atoms with Crippen molar-refractivity contribution in [3.63, 3.8) is 0 Å². The lowest BCUT2D eigenvalue weighted by Gasteiger charge is -1.87. The molecule has 0 saturated carbocycles. The summed E-state index contributed by atoms with van der Waals surface area (Å²) >= 11 is 0. The van der Waals surface area contributed by atoms with E-state index in [4.69, 9.17) is 0 Å². The molecule has 0 saturated heterocycles. The zero-order valence-corrected chi connectivity index (χ0v) is 6.89. The number of ketones is 1. The molecule has 0 N–H and O–H groups in total. The molecule has 0 aromatic rings. The Morgan fingerprint density at radius 3 is 2.50 bits per heavy atom. The molecule has 0 heterocycles. The smallest absolute Gasteiger partial charge is 0.155 e. The summed E-state index contributed by atoms with van der Waals surface area (Å²) in [5.41, 5.74) is 0. The standard InChI is InChI=1S/C9H16O/c1-3-5-6-8-9(10)7-4-2/h6,8H,3-5,7H2,1-2H3/b8-6-. The van der Waals surface area contributed by atoms with E-state index < -0.39 is 0 Å². The Balaban J connectivity index is 3.36. The Kier molecular flexibility index (Phi) is 6.14. The lowest BCUT2D eigenvalue weighted by molar-refractivity contribution is -0.114. The summed E-state index contributed by atoms with van der Waals surface area (Å²) in [4.78, 5) is 10.8. The number of carbonyl (C=O) groups excluding carboxylic acids is 1. The van der Waals surface area contributed by atoms with Crippen molar-refractivity contribution in [1.82, 2.24) is 0 Å². The summed E-state index contributed by atoms with van der Waals surface area (Å²) in [5, 5.41) is 0. The number of rotatable bonds is 5. The first-order valence-electron chi connectivity index (χ1n) is 4.00. The van der Waals surface area contributed by atoms with Gasteiger partial charge < -0.3 is 0 Å². The molecule has 0 spiro atoms. The summed E-state index contributed by atoms with van der Waals surface area (Å²) < 4.78 is 0. The van der Waals surface area contributed by atoms with Crippen molar-refractivity contribution in [2.45, 2.75) is 39.5 Å². The molecule has 0 atom stereocenters. The van der Waals surface area contributed by atoms with Crippen molar-refractivity contribution in [3.8, 4) is 0 Å². The molecule has 58 valence electrons. The van der Waals surface area contributed by atoms with Gasteiger partial charge in [0.15, 0.2) is 5.78 Å².